The molecule has 0 unspecified atom stereocenters. The van der Waals surface area contributed by atoms with E-state index in [9.17, 15) is 18.3 Å². The van der Waals surface area contributed by atoms with Crippen LogP contribution < -0.4 is 9.67 Å². The van der Waals surface area contributed by atoms with Crippen LogP contribution in [-0.4, -0.2) is 12.1 Å². The zero-order chi connectivity index (χ0) is 14.0. The third-order valence-electron chi connectivity index (χ3n) is 2.30. The van der Waals surface area contributed by atoms with Crippen molar-refractivity contribution in [3.8, 4) is 11.5 Å². The van der Waals surface area contributed by atoms with Crippen LogP contribution >= 0.6 is 0 Å². The maximum atomic E-state index is 12.1. The van der Waals surface area contributed by atoms with Crippen LogP contribution in [0, 0.1) is 0 Å². The van der Waals surface area contributed by atoms with E-state index in [0.717, 1.165) is 0 Å². The number of halogens is 3. The molecule has 0 radical (unpaired) electrons. The zero-order valence-corrected chi connectivity index (χ0v) is 9.81. The second-order valence-corrected chi connectivity index (χ2v) is 3.77. The fourth-order valence-corrected chi connectivity index (χ4v) is 1.48. The van der Waals surface area contributed by atoms with E-state index >= 15 is 0 Å². The van der Waals surface area contributed by atoms with Crippen LogP contribution in [0.15, 0.2) is 45.9 Å². The van der Waals surface area contributed by atoms with Crippen LogP contribution in [0.3, 0.4) is 0 Å². The van der Waals surface area contributed by atoms with E-state index in [2.05, 4.69) is 4.99 Å². The lowest BCUT2D eigenvalue weighted by molar-refractivity contribution is -0.662. The Bertz CT molecular complexity index is 603. The molecule has 0 saturated heterocycles. The molecular formula is C12H9F3N2O2. The predicted molar refractivity (Wildman–Crippen MR) is 58.5 cm³/mol. The minimum atomic E-state index is -5.00. The number of hydrogen-bond acceptors (Lipinski definition) is 3. The third-order valence-corrected chi connectivity index (χ3v) is 2.30. The number of oxazole rings is 1. The first-order valence-corrected chi connectivity index (χ1v) is 5.25. The average molecular weight is 270 g/mol. The highest BCUT2D eigenvalue weighted by Gasteiger charge is 2.29. The number of rotatable bonds is 2. The van der Waals surface area contributed by atoms with E-state index in [1.807, 2.05) is 0 Å². The number of aliphatic imine (C=N–C) groups is 1. The summed E-state index contributed by atoms with van der Waals surface area (Å²) in [5.41, 5.74) is 0.672. The smallest absolute Gasteiger partial charge is 0.419 e. The number of aryl methyl sites for hydroxylation is 1. The first kappa shape index (κ1) is 13.1. The lowest BCUT2D eigenvalue weighted by Crippen LogP contribution is -2.34. The van der Waals surface area contributed by atoms with Gasteiger partial charge in [0.2, 0.25) is 6.20 Å². The minimum absolute atomic E-state index is 0.314. The van der Waals surface area contributed by atoms with Crippen molar-refractivity contribution in [1.29, 1.82) is 0 Å². The average Bonchev–Trinajstić information content (AvgIpc) is 2.70. The molecule has 1 aromatic heterocycles. The van der Waals surface area contributed by atoms with E-state index < -0.39 is 12.1 Å². The molecule has 0 saturated carbocycles. The highest BCUT2D eigenvalue weighted by molar-refractivity contribution is 5.79. The van der Waals surface area contributed by atoms with Crippen molar-refractivity contribution in [3.63, 3.8) is 0 Å². The quantitative estimate of drug-likeness (QED) is 0.474. The molecule has 19 heavy (non-hydrogen) atoms. The Morgan fingerprint density at radius 3 is 2.47 bits per heavy atom. The molecule has 0 aliphatic carbocycles. The van der Waals surface area contributed by atoms with Crippen LogP contribution in [-0.2, 0) is 7.05 Å². The maximum absolute atomic E-state index is 12.1. The number of alkyl halides is 3. The highest BCUT2D eigenvalue weighted by Crippen LogP contribution is 2.23. The largest absolute Gasteiger partial charge is 0.855 e. The summed E-state index contributed by atoms with van der Waals surface area (Å²) in [6.07, 6.45) is -3.79. The van der Waals surface area contributed by atoms with Gasteiger partial charge in [0.25, 0.3) is 5.88 Å². The Hall–Kier alpha value is -2.31. The molecule has 0 aliphatic heterocycles. The second kappa shape index (κ2) is 4.75. The molecule has 0 N–H and O–H groups in total. The van der Waals surface area contributed by atoms with Crippen LogP contribution in [0.4, 0.5) is 19.1 Å². The second-order valence-electron chi connectivity index (χ2n) is 3.77. The zero-order valence-electron chi connectivity index (χ0n) is 9.81. The molecule has 0 spiro atoms. The van der Waals surface area contributed by atoms with E-state index in [1.165, 1.54) is 10.8 Å². The highest BCUT2D eigenvalue weighted by atomic mass is 19.4. The van der Waals surface area contributed by atoms with Gasteiger partial charge >= 0.3 is 12.1 Å². The summed E-state index contributed by atoms with van der Waals surface area (Å²) in [5.74, 6) is -2.26. The summed E-state index contributed by atoms with van der Waals surface area (Å²) in [6.45, 7) is 0. The van der Waals surface area contributed by atoms with Crippen LogP contribution in [0.2, 0.25) is 0 Å². The normalized spacial score (nSPS) is 12.7. The Kier molecular flexibility index (Phi) is 3.28. The van der Waals surface area contributed by atoms with Gasteiger partial charge in [0.05, 0.1) is 11.5 Å². The summed E-state index contributed by atoms with van der Waals surface area (Å²) in [5, 5.41) is 10.7. The fraction of sp³-hybridized carbons (Fsp3) is 0.167. The summed E-state index contributed by atoms with van der Waals surface area (Å²) in [4.78, 5) is 2.89. The SMILES string of the molecule is C[n+]1cc(N=C([O-])C(F)(F)F)oc1-c1ccccc1. The first-order valence-electron chi connectivity index (χ1n) is 5.25. The molecule has 0 fully saturated rings. The Morgan fingerprint density at radius 1 is 1.26 bits per heavy atom. The molecule has 4 nitrogen and oxygen atoms in total. The summed E-state index contributed by atoms with van der Waals surface area (Å²) < 4.78 is 42.8. The Labute approximate surface area is 106 Å². The van der Waals surface area contributed by atoms with Gasteiger partial charge in [0, 0.05) is 0 Å². The predicted octanol–water partition coefficient (Wildman–Crippen LogP) is 1.72. The molecule has 7 heteroatoms. The van der Waals surface area contributed by atoms with Gasteiger partial charge in [0.15, 0.2) is 0 Å². The molecule has 100 valence electrons. The van der Waals surface area contributed by atoms with E-state index in [-0.39, 0.29) is 5.88 Å². The number of nitrogens with zero attached hydrogens (tertiary/aromatic N) is 2. The van der Waals surface area contributed by atoms with Gasteiger partial charge in [-0.25, -0.2) is 4.99 Å². The van der Waals surface area contributed by atoms with Gasteiger partial charge in [-0.2, -0.15) is 17.7 Å². The molecule has 0 atom stereocenters. The minimum Gasteiger partial charge on any atom is -0.855 e. The Morgan fingerprint density at radius 2 is 1.89 bits per heavy atom. The maximum Gasteiger partial charge on any atom is 0.419 e. The molecule has 0 bridgehead atoms. The van der Waals surface area contributed by atoms with E-state index in [0.29, 0.717) is 11.5 Å². The Balaban J connectivity index is 2.38. The summed E-state index contributed by atoms with van der Waals surface area (Å²) >= 11 is 0. The summed E-state index contributed by atoms with van der Waals surface area (Å²) in [6, 6.07) is 8.78. The fourth-order valence-electron chi connectivity index (χ4n) is 1.48. The van der Waals surface area contributed by atoms with Gasteiger partial charge in [-0.1, -0.05) is 18.2 Å². The van der Waals surface area contributed by atoms with E-state index in [4.69, 9.17) is 4.42 Å². The molecule has 1 heterocycles. The van der Waals surface area contributed by atoms with Crippen molar-refractivity contribution in [2.75, 3.05) is 0 Å². The number of hydrogen-bond donors (Lipinski definition) is 0. The number of benzene rings is 1. The van der Waals surface area contributed by atoms with Crippen LogP contribution in [0.1, 0.15) is 0 Å². The van der Waals surface area contributed by atoms with Crippen molar-refractivity contribution in [3.05, 3.63) is 36.5 Å². The molecule has 1 aromatic carbocycles. The van der Waals surface area contributed by atoms with Crippen LogP contribution in [0.25, 0.3) is 11.5 Å². The topological polar surface area (TPSA) is 52.4 Å². The van der Waals surface area contributed by atoms with Gasteiger partial charge in [-0.15, -0.1) is 0 Å². The lowest BCUT2D eigenvalue weighted by Gasteiger charge is -2.11. The monoisotopic (exact) mass is 270 g/mol. The lowest BCUT2D eigenvalue weighted by atomic mass is 10.2. The molecular weight excluding hydrogens is 261 g/mol. The molecule has 2 aromatic rings. The van der Waals surface area contributed by atoms with Crippen molar-refractivity contribution in [2.24, 2.45) is 12.0 Å². The van der Waals surface area contributed by atoms with Gasteiger partial charge in [-0.05, 0) is 12.1 Å². The van der Waals surface area contributed by atoms with Crippen molar-refractivity contribution in [1.82, 2.24) is 0 Å². The van der Waals surface area contributed by atoms with Gasteiger partial charge in [0.1, 0.15) is 7.05 Å². The van der Waals surface area contributed by atoms with E-state index in [1.54, 1.807) is 37.4 Å². The van der Waals surface area contributed by atoms with Crippen molar-refractivity contribution < 1.29 is 27.3 Å². The van der Waals surface area contributed by atoms with Crippen molar-refractivity contribution >= 4 is 11.8 Å². The van der Waals surface area contributed by atoms with Gasteiger partial charge in [-0.3, -0.25) is 0 Å². The molecule has 0 amide bonds. The van der Waals surface area contributed by atoms with Crippen molar-refractivity contribution in [2.45, 2.75) is 6.18 Å². The standard InChI is InChI=1S/C12H9F3N2O2/c1-17-7-9(16-11(18)12(13,14)15)19-10(17)8-5-3-2-4-6-8/h2-7H,1H3. The molecule has 2 rings (SSSR count). The summed E-state index contributed by atoms with van der Waals surface area (Å²) in [7, 11) is 1.59. The first-order chi connectivity index (χ1) is 8.88. The van der Waals surface area contributed by atoms with Gasteiger partial charge < -0.3 is 9.52 Å². The molecule has 0 aliphatic rings. The number of aromatic nitrogens is 1. The van der Waals surface area contributed by atoms with Crippen LogP contribution in [0.5, 0.6) is 0 Å². The third kappa shape index (κ3) is 2.93.